The molecule has 0 heterocycles. The van der Waals surface area contributed by atoms with Crippen LogP contribution < -0.4 is 4.90 Å². The van der Waals surface area contributed by atoms with E-state index in [1.807, 2.05) is 37.9 Å². The minimum atomic E-state index is -0.564. The molecule has 3 heteroatoms. The predicted octanol–water partition coefficient (Wildman–Crippen LogP) is 3.61. The van der Waals surface area contributed by atoms with Gasteiger partial charge in [0.1, 0.15) is 5.82 Å². The third-order valence-corrected chi connectivity index (χ3v) is 3.50. The highest BCUT2D eigenvalue weighted by Gasteiger charge is 2.13. The van der Waals surface area contributed by atoms with Crippen LogP contribution in [0.5, 0.6) is 0 Å². The lowest BCUT2D eigenvalue weighted by atomic mass is 10.0. The van der Waals surface area contributed by atoms with Crippen LogP contribution in [0.1, 0.15) is 22.8 Å². The molecule has 0 aliphatic carbocycles. The summed E-state index contributed by atoms with van der Waals surface area (Å²) in [6.45, 7) is 4.51. The van der Waals surface area contributed by atoms with Crippen LogP contribution in [0.25, 0.3) is 0 Å². The van der Waals surface area contributed by atoms with Gasteiger partial charge in [-0.25, -0.2) is 4.39 Å². The number of anilines is 1. The number of hydrogen-bond donors (Lipinski definition) is 1. The van der Waals surface area contributed by atoms with E-state index in [0.29, 0.717) is 6.54 Å². The second kappa shape index (κ2) is 6.06. The van der Waals surface area contributed by atoms with E-state index in [1.165, 1.54) is 17.7 Å². The number of aliphatic hydroxyl groups is 1. The number of halogens is 1. The molecule has 1 atom stereocenters. The van der Waals surface area contributed by atoms with Crippen molar-refractivity contribution in [3.05, 3.63) is 65.0 Å². The topological polar surface area (TPSA) is 23.5 Å². The van der Waals surface area contributed by atoms with Gasteiger partial charge in [-0.15, -0.1) is 0 Å². The van der Waals surface area contributed by atoms with E-state index in [-0.39, 0.29) is 5.82 Å². The molecule has 2 rings (SSSR count). The Hall–Kier alpha value is -1.87. The Morgan fingerprint density at radius 2 is 1.75 bits per heavy atom. The van der Waals surface area contributed by atoms with Gasteiger partial charge < -0.3 is 10.0 Å². The first-order valence-electron chi connectivity index (χ1n) is 6.69. The highest BCUT2D eigenvalue weighted by Crippen LogP contribution is 2.22. The van der Waals surface area contributed by atoms with Crippen LogP contribution in [0.2, 0.25) is 0 Å². The lowest BCUT2D eigenvalue weighted by Crippen LogP contribution is -2.24. The Kier molecular flexibility index (Phi) is 4.40. The van der Waals surface area contributed by atoms with E-state index in [2.05, 4.69) is 6.07 Å². The zero-order valence-electron chi connectivity index (χ0n) is 12.1. The molecule has 0 saturated heterocycles. The Balaban J connectivity index is 2.10. The van der Waals surface area contributed by atoms with Crippen molar-refractivity contribution in [2.24, 2.45) is 0 Å². The summed E-state index contributed by atoms with van der Waals surface area (Å²) in [5.74, 6) is -0.253. The van der Waals surface area contributed by atoms with Crippen molar-refractivity contribution in [1.82, 2.24) is 0 Å². The summed E-state index contributed by atoms with van der Waals surface area (Å²) >= 11 is 0. The van der Waals surface area contributed by atoms with Gasteiger partial charge >= 0.3 is 0 Å². The average molecular weight is 273 g/mol. The van der Waals surface area contributed by atoms with Crippen LogP contribution in [0.3, 0.4) is 0 Å². The quantitative estimate of drug-likeness (QED) is 0.920. The van der Waals surface area contributed by atoms with E-state index < -0.39 is 6.10 Å². The molecule has 1 unspecified atom stereocenters. The predicted molar refractivity (Wildman–Crippen MR) is 80.5 cm³/mol. The summed E-state index contributed by atoms with van der Waals surface area (Å²) in [5.41, 5.74) is 4.09. The van der Waals surface area contributed by atoms with Gasteiger partial charge in [0.05, 0.1) is 6.10 Å². The van der Waals surface area contributed by atoms with Gasteiger partial charge in [0.2, 0.25) is 0 Å². The SMILES string of the molecule is Cc1ccc(C(O)CN(C)c2ccc(F)cc2)c(C)c1. The van der Waals surface area contributed by atoms with Crippen molar-refractivity contribution in [2.75, 3.05) is 18.5 Å². The first-order chi connectivity index (χ1) is 9.47. The molecule has 2 nitrogen and oxygen atoms in total. The second-order valence-electron chi connectivity index (χ2n) is 5.23. The number of benzene rings is 2. The summed E-state index contributed by atoms with van der Waals surface area (Å²) in [6.07, 6.45) is -0.564. The van der Waals surface area contributed by atoms with E-state index in [9.17, 15) is 9.50 Å². The van der Waals surface area contributed by atoms with Crippen LogP contribution >= 0.6 is 0 Å². The minimum Gasteiger partial charge on any atom is -0.387 e. The van der Waals surface area contributed by atoms with Crippen molar-refractivity contribution < 1.29 is 9.50 Å². The molecule has 20 heavy (non-hydrogen) atoms. The fourth-order valence-corrected chi connectivity index (χ4v) is 2.36. The molecular weight excluding hydrogens is 253 g/mol. The molecule has 0 aliphatic heterocycles. The average Bonchev–Trinajstić information content (AvgIpc) is 2.39. The van der Waals surface area contributed by atoms with Gasteiger partial charge in [-0.3, -0.25) is 0 Å². The molecule has 0 bridgehead atoms. The molecule has 0 aliphatic rings. The molecule has 0 aromatic heterocycles. The van der Waals surface area contributed by atoms with Crippen molar-refractivity contribution in [2.45, 2.75) is 20.0 Å². The van der Waals surface area contributed by atoms with E-state index in [0.717, 1.165) is 16.8 Å². The van der Waals surface area contributed by atoms with Gasteiger partial charge in [-0.1, -0.05) is 23.8 Å². The van der Waals surface area contributed by atoms with E-state index in [1.54, 1.807) is 12.1 Å². The molecule has 2 aromatic rings. The summed E-state index contributed by atoms with van der Waals surface area (Å²) in [5, 5.41) is 10.4. The number of likely N-dealkylation sites (N-methyl/N-ethyl adjacent to an activating group) is 1. The van der Waals surface area contributed by atoms with E-state index >= 15 is 0 Å². The summed E-state index contributed by atoms with van der Waals surface area (Å²) in [7, 11) is 1.89. The standard InChI is InChI=1S/C17H20FNO/c1-12-4-9-16(13(2)10-12)17(20)11-19(3)15-7-5-14(18)6-8-15/h4-10,17,20H,11H2,1-3H3. The maximum Gasteiger partial charge on any atom is 0.123 e. The molecule has 0 amide bonds. The molecule has 0 radical (unpaired) electrons. The third-order valence-electron chi connectivity index (χ3n) is 3.50. The van der Waals surface area contributed by atoms with Crippen LogP contribution in [-0.2, 0) is 0 Å². The summed E-state index contributed by atoms with van der Waals surface area (Å²) in [4.78, 5) is 1.92. The number of nitrogens with zero attached hydrogens (tertiary/aromatic N) is 1. The van der Waals surface area contributed by atoms with Crippen molar-refractivity contribution >= 4 is 5.69 Å². The fraction of sp³-hybridized carbons (Fsp3) is 0.294. The Bertz CT molecular complexity index is 580. The first-order valence-corrected chi connectivity index (χ1v) is 6.69. The first kappa shape index (κ1) is 14.5. The zero-order chi connectivity index (χ0) is 14.7. The smallest absolute Gasteiger partial charge is 0.123 e. The van der Waals surface area contributed by atoms with Crippen LogP contribution in [-0.4, -0.2) is 18.7 Å². The lowest BCUT2D eigenvalue weighted by Gasteiger charge is -2.24. The normalized spacial score (nSPS) is 12.2. The molecular formula is C17H20FNO. The van der Waals surface area contributed by atoms with Crippen molar-refractivity contribution in [3.8, 4) is 0 Å². The van der Waals surface area contributed by atoms with Crippen molar-refractivity contribution in [3.63, 3.8) is 0 Å². The number of rotatable bonds is 4. The van der Waals surface area contributed by atoms with Gasteiger partial charge in [0.15, 0.2) is 0 Å². The lowest BCUT2D eigenvalue weighted by molar-refractivity contribution is 0.184. The number of hydrogen-bond acceptors (Lipinski definition) is 2. The van der Waals surface area contributed by atoms with Crippen LogP contribution in [0, 0.1) is 19.7 Å². The highest BCUT2D eigenvalue weighted by molar-refractivity contribution is 5.46. The molecule has 2 aromatic carbocycles. The monoisotopic (exact) mass is 273 g/mol. The summed E-state index contributed by atoms with van der Waals surface area (Å²) in [6, 6.07) is 12.3. The Labute approximate surface area is 119 Å². The zero-order valence-corrected chi connectivity index (χ0v) is 12.1. The van der Waals surface area contributed by atoms with Gasteiger partial charge in [-0.2, -0.15) is 0 Å². The highest BCUT2D eigenvalue weighted by atomic mass is 19.1. The second-order valence-corrected chi connectivity index (χ2v) is 5.23. The number of aliphatic hydroxyl groups excluding tert-OH is 1. The van der Waals surface area contributed by atoms with Crippen molar-refractivity contribution in [1.29, 1.82) is 0 Å². The third kappa shape index (κ3) is 3.36. The molecule has 1 N–H and O–H groups in total. The van der Waals surface area contributed by atoms with Gasteiger partial charge in [0.25, 0.3) is 0 Å². The molecule has 106 valence electrons. The largest absolute Gasteiger partial charge is 0.387 e. The summed E-state index contributed by atoms with van der Waals surface area (Å²) < 4.78 is 12.9. The Morgan fingerprint density at radius 1 is 1.10 bits per heavy atom. The minimum absolute atomic E-state index is 0.253. The Morgan fingerprint density at radius 3 is 2.35 bits per heavy atom. The maximum absolute atomic E-state index is 12.9. The molecule has 0 spiro atoms. The fourth-order valence-electron chi connectivity index (χ4n) is 2.36. The number of aryl methyl sites for hydroxylation is 2. The van der Waals surface area contributed by atoms with Gasteiger partial charge in [0, 0.05) is 19.3 Å². The van der Waals surface area contributed by atoms with Crippen LogP contribution in [0.4, 0.5) is 10.1 Å². The van der Waals surface area contributed by atoms with E-state index in [4.69, 9.17) is 0 Å². The molecule has 0 saturated carbocycles. The molecule has 0 fully saturated rings. The maximum atomic E-state index is 12.9. The van der Waals surface area contributed by atoms with Gasteiger partial charge in [-0.05, 0) is 49.2 Å². The van der Waals surface area contributed by atoms with Crippen LogP contribution in [0.15, 0.2) is 42.5 Å².